The van der Waals surface area contributed by atoms with Crippen LogP contribution in [0.15, 0.2) is 53.5 Å². The molecule has 30 heavy (non-hydrogen) atoms. The first-order valence-corrected chi connectivity index (χ1v) is 10.4. The number of hydrogen-bond donors (Lipinski definition) is 1. The summed E-state index contributed by atoms with van der Waals surface area (Å²) < 4.78 is 34.3. The Hall–Kier alpha value is -2.83. The highest BCUT2D eigenvalue weighted by atomic mass is 32.2. The van der Waals surface area contributed by atoms with Crippen molar-refractivity contribution in [3.05, 3.63) is 66.4 Å². The van der Waals surface area contributed by atoms with E-state index in [1.54, 1.807) is 25.3 Å². The second-order valence-corrected chi connectivity index (χ2v) is 8.73. The monoisotopic (exact) mass is 447 g/mol. The normalized spacial score (nSPS) is 14.4. The molecule has 8 nitrogen and oxygen atoms in total. The molecule has 0 amide bonds. The number of thioether (sulfide) groups is 1. The van der Waals surface area contributed by atoms with E-state index in [1.165, 1.54) is 35.2 Å². The summed E-state index contributed by atoms with van der Waals surface area (Å²) in [6, 6.07) is 6.56. The Balaban J connectivity index is 1.64. The largest absolute Gasteiger partial charge is 0.382 e. The van der Waals surface area contributed by atoms with Gasteiger partial charge in [0.15, 0.2) is 10.2 Å². The number of hydrogen-bond acceptors (Lipinski definition) is 9. The molecule has 1 N–H and O–H groups in total. The van der Waals surface area contributed by atoms with E-state index >= 15 is 0 Å². The van der Waals surface area contributed by atoms with Crippen LogP contribution in [0.1, 0.15) is 12.5 Å². The van der Waals surface area contributed by atoms with Crippen molar-refractivity contribution in [1.82, 2.24) is 34.3 Å². The molecule has 1 aromatic carbocycles. The van der Waals surface area contributed by atoms with E-state index in [1.807, 2.05) is 0 Å². The number of aromatic nitrogens is 7. The number of halogens is 2. The van der Waals surface area contributed by atoms with Gasteiger partial charge in [-0.15, -0.1) is 5.10 Å². The summed E-state index contributed by atoms with van der Waals surface area (Å²) in [6.45, 7) is 1.65. The molecule has 0 aliphatic heterocycles. The Bertz CT molecular complexity index is 1130. The third kappa shape index (κ3) is 4.20. The third-order valence-electron chi connectivity index (χ3n) is 4.43. The quantitative estimate of drug-likeness (QED) is 0.432. The first-order chi connectivity index (χ1) is 14.5. The lowest BCUT2D eigenvalue weighted by molar-refractivity contribution is 0.0133. The molecule has 0 radical (unpaired) electrons. The lowest BCUT2D eigenvalue weighted by Gasteiger charge is -2.33. The second-order valence-electron chi connectivity index (χ2n) is 6.39. The number of rotatable bonds is 7. The minimum absolute atomic E-state index is 0.0435. The Morgan fingerprint density at radius 2 is 2.17 bits per heavy atom. The highest BCUT2D eigenvalue weighted by Gasteiger charge is 2.40. The van der Waals surface area contributed by atoms with Crippen LogP contribution in [0, 0.1) is 11.6 Å². The number of nitrogens with zero attached hydrogens (tertiary/aromatic N) is 7. The van der Waals surface area contributed by atoms with Gasteiger partial charge in [-0.25, -0.2) is 23.4 Å². The van der Waals surface area contributed by atoms with Crippen molar-refractivity contribution in [2.75, 3.05) is 0 Å². The molecule has 0 unspecified atom stereocenters. The van der Waals surface area contributed by atoms with Crippen LogP contribution in [0.2, 0.25) is 0 Å². The van der Waals surface area contributed by atoms with Crippen LogP contribution in [-0.4, -0.2) is 44.7 Å². The minimum Gasteiger partial charge on any atom is -0.382 e. The summed E-state index contributed by atoms with van der Waals surface area (Å²) in [5, 5.41) is 22.7. The minimum atomic E-state index is -1.73. The lowest BCUT2D eigenvalue weighted by atomic mass is 9.90. The lowest BCUT2D eigenvalue weighted by Crippen LogP contribution is -2.41. The molecule has 0 saturated carbocycles. The van der Waals surface area contributed by atoms with Crippen molar-refractivity contribution in [2.45, 2.75) is 28.7 Å². The summed E-state index contributed by atoms with van der Waals surface area (Å²) in [6.07, 6.45) is 4.28. The predicted molar refractivity (Wildman–Crippen MR) is 107 cm³/mol. The van der Waals surface area contributed by atoms with E-state index < -0.39 is 22.5 Å². The summed E-state index contributed by atoms with van der Waals surface area (Å²) in [5.74, 6) is -1.16. The second kappa shape index (κ2) is 8.50. The molecule has 0 bridgehead atoms. The molecule has 3 heterocycles. The van der Waals surface area contributed by atoms with E-state index in [4.69, 9.17) is 0 Å². The SMILES string of the molecule is C[C@@H](Sc1nc(-c2cccnn2)ns1)[C@](O)(Cn1cncn1)c1ccc(F)cc1F. The maximum Gasteiger partial charge on any atom is 0.194 e. The van der Waals surface area contributed by atoms with Crippen LogP contribution in [0.3, 0.4) is 0 Å². The van der Waals surface area contributed by atoms with E-state index in [2.05, 4.69) is 29.6 Å². The Labute approximate surface area is 178 Å². The van der Waals surface area contributed by atoms with Crippen LogP contribution in [0.25, 0.3) is 11.5 Å². The molecule has 4 aromatic rings. The number of benzene rings is 1. The Morgan fingerprint density at radius 1 is 1.30 bits per heavy atom. The fourth-order valence-corrected chi connectivity index (χ4v) is 4.85. The highest BCUT2D eigenvalue weighted by Crippen LogP contribution is 2.40. The molecule has 0 saturated heterocycles. The van der Waals surface area contributed by atoms with E-state index in [0.717, 1.165) is 23.7 Å². The van der Waals surface area contributed by atoms with Crippen LogP contribution in [-0.2, 0) is 12.1 Å². The van der Waals surface area contributed by atoms with Crippen molar-refractivity contribution in [2.24, 2.45) is 0 Å². The van der Waals surface area contributed by atoms with Crippen molar-refractivity contribution in [3.8, 4) is 11.5 Å². The van der Waals surface area contributed by atoms with Gasteiger partial charge in [-0.2, -0.15) is 14.6 Å². The average Bonchev–Trinajstić information content (AvgIpc) is 3.40. The molecule has 0 aliphatic rings. The molecule has 0 aliphatic carbocycles. The third-order valence-corrected chi connectivity index (χ3v) is 6.49. The van der Waals surface area contributed by atoms with Gasteiger partial charge in [-0.3, -0.25) is 0 Å². The molecule has 12 heteroatoms. The van der Waals surface area contributed by atoms with Crippen molar-refractivity contribution in [1.29, 1.82) is 0 Å². The standard InChI is InChI=1S/C18H15F2N7OS2/c1-11(29-17-24-16(26-30-17)15-3-2-6-22-25-15)18(28,8-27-10-21-9-23-27)13-5-4-12(19)7-14(13)20/h2-7,9-11,28H,8H2,1H3/t11-,18-/m1/s1. The topological polar surface area (TPSA) is 102 Å². The van der Waals surface area contributed by atoms with Crippen molar-refractivity contribution in [3.63, 3.8) is 0 Å². The van der Waals surface area contributed by atoms with Gasteiger partial charge in [0, 0.05) is 23.1 Å². The Morgan fingerprint density at radius 3 is 2.87 bits per heavy atom. The fourth-order valence-electron chi connectivity index (χ4n) is 2.87. The van der Waals surface area contributed by atoms with Crippen molar-refractivity contribution < 1.29 is 13.9 Å². The van der Waals surface area contributed by atoms with Crippen LogP contribution >= 0.6 is 23.3 Å². The summed E-state index contributed by atoms with van der Waals surface area (Å²) in [7, 11) is 0. The Kier molecular flexibility index (Phi) is 5.79. The van der Waals surface area contributed by atoms with E-state index in [9.17, 15) is 13.9 Å². The zero-order valence-corrected chi connectivity index (χ0v) is 17.2. The first-order valence-electron chi connectivity index (χ1n) is 8.74. The molecular weight excluding hydrogens is 432 g/mol. The van der Waals surface area contributed by atoms with Gasteiger partial charge in [-0.05, 0) is 36.7 Å². The zero-order valence-electron chi connectivity index (χ0n) is 15.6. The molecule has 3 aromatic heterocycles. The molecule has 2 atom stereocenters. The summed E-state index contributed by atoms with van der Waals surface area (Å²) in [4.78, 5) is 8.29. The summed E-state index contributed by atoms with van der Waals surface area (Å²) in [5.41, 5.74) is -1.25. The maximum absolute atomic E-state index is 14.6. The molecule has 0 fully saturated rings. The van der Waals surface area contributed by atoms with E-state index in [0.29, 0.717) is 15.9 Å². The van der Waals surface area contributed by atoms with E-state index in [-0.39, 0.29) is 12.1 Å². The molecule has 154 valence electrons. The van der Waals surface area contributed by atoms with Crippen molar-refractivity contribution >= 4 is 23.3 Å². The average molecular weight is 447 g/mol. The summed E-state index contributed by atoms with van der Waals surface area (Å²) >= 11 is 2.35. The van der Waals surface area contributed by atoms with Crippen LogP contribution < -0.4 is 0 Å². The first kappa shape index (κ1) is 20.4. The van der Waals surface area contributed by atoms with Gasteiger partial charge in [0.1, 0.15) is 35.6 Å². The fraction of sp³-hybridized carbons (Fsp3) is 0.222. The van der Waals surface area contributed by atoms with Crippen LogP contribution in [0.5, 0.6) is 0 Å². The van der Waals surface area contributed by atoms with Gasteiger partial charge in [0.2, 0.25) is 0 Å². The van der Waals surface area contributed by atoms with Gasteiger partial charge in [0.25, 0.3) is 0 Å². The van der Waals surface area contributed by atoms with Crippen LogP contribution in [0.4, 0.5) is 8.78 Å². The van der Waals surface area contributed by atoms with Gasteiger partial charge >= 0.3 is 0 Å². The van der Waals surface area contributed by atoms with Gasteiger partial charge in [-0.1, -0.05) is 17.8 Å². The highest BCUT2D eigenvalue weighted by molar-refractivity contribution is 8.01. The predicted octanol–water partition coefficient (Wildman–Crippen LogP) is 2.93. The number of aliphatic hydroxyl groups is 1. The van der Waals surface area contributed by atoms with Gasteiger partial charge < -0.3 is 5.11 Å². The maximum atomic E-state index is 14.6. The van der Waals surface area contributed by atoms with Gasteiger partial charge in [0.05, 0.1) is 6.54 Å². The zero-order chi connectivity index (χ0) is 21.1. The molecule has 0 spiro atoms. The molecule has 4 rings (SSSR count). The molecular formula is C18H15F2N7OS2. The smallest absolute Gasteiger partial charge is 0.194 e.